The highest BCUT2D eigenvalue weighted by molar-refractivity contribution is 5.50. The van der Waals surface area contributed by atoms with Gasteiger partial charge >= 0.3 is 5.69 Å². The molecule has 9 heteroatoms. The standard InChI is InChI=1S/C17H14F3NO5/c18-11-3-4-14-10(17(11)20)9-26-16-8-13(21(22)23)12(19)7-15(16)25-6-2-1-5-24-14/h3-4,7-8H,1-2,5-6,9H2. The Morgan fingerprint density at radius 3 is 2.23 bits per heavy atom. The lowest BCUT2D eigenvalue weighted by Crippen LogP contribution is -2.10. The molecular formula is C17H14F3NO5. The molecule has 1 aliphatic rings. The first kappa shape index (κ1) is 17.8. The third-order valence-electron chi connectivity index (χ3n) is 3.79. The van der Waals surface area contributed by atoms with Crippen LogP contribution >= 0.6 is 0 Å². The van der Waals surface area contributed by atoms with Gasteiger partial charge < -0.3 is 14.2 Å². The van der Waals surface area contributed by atoms with Crippen molar-refractivity contribution in [3.05, 3.63) is 57.4 Å². The molecule has 0 fully saturated rings. The van der Waals surface area contributed by atoms with E-state index in [9.17, 15) is 23.3 Å². The minimum absolute atomic E-state index is 0.0482. The predicted molar refractivity (Wildman–Crippen MR) is 84.0 cm³/mol. The fourth-order valence-electron chi connectivity index (χ4n) is 2.45. The summed E-state index contributed by atoms with van der Waals surface area (Å²) in [6.45, 7) is -0.0113. The molecule has 0 saturated heterocycles. The lowest BCUT2D eigenvalue weighted by atomic mass is 10.2. The lowest BCUT2D eigenvalue weighted by Gasteiger charge is -2.17. The molecule has 0 amide bonds. The molecule has 1 aliphatic heterocycles. The van der Waals surface area contributed by atoms with Gasteiger partial charge in [-0.25, -0.2) is 8.78 Å². The Kier molecular flexibility index (Phi) is 5.15. The Balaban J connectivity index is 2.01. The Bertz CT molecular complexity index is 844. The van der Waals surface area contributed by atoms with Gasteiger partial charge in [-0.15, -0.1) is 0 Å². The van der Waals surface area contributed by atoms with Gasteiger partial charge in [-0.1, -0.05) is 0 Å². The van der Waals surface area contributed by atoms with Gasteiger partial charge in [0, 0.05) is 6.07 Å². The Labute approximate surface area is 146 Å². The molecular weight excluding hydrogens is 355 g/mol. The third kappa shape index (κ3) is 3.66. The number of ether oxygens (including phenoxy) is 3. The van der Waals surface area contributed by atoms with Crippen LogP contribution in [-0.4, -0.2) is 18.1 Å². The highest BCUT2D eigenvalue weighted by Crippen LogP contribution is 2.36. The van der Waals surface area contributed by atoms with E-state index in [2.05, 4.69) is 0 Å². The summed E-state index contributed by atoms with van der Waals surface area (Å²) < 4.78 is 57.7. The van der Waals surface area contributed by atoms with Crippen molar-refractivity contribution in [2.24, 2.45) is 0 Å². The zero-order chi connectivity index (χ0) is 18.7. The zero-order valence-electron chi connectivity index (χ0n) is 13.5. The van der Waals surface area contributed by atoms with Crippen LogP contribution in [0.5, 0.6) is 17.2 Å². The molecule has 1 heterocycles. The fourth-order valence-corrected chi connectivity index (χ4v) is 2.45. The van der Waals surface area contributed by atoms with Crippen molar-refractivity contribution in [2.45, 2.75) is 19.4 Å². The molecule has 0 unspecified atom stereocenters. The zero-order valence-corrected chi connectivity index (χ0v) is 13.5. The Hall–Kier alpha value is -2.97. The van der Waals surface area contributed by atoms with E-state index < -0.39 is 34.7 Å². The summed E-state index contributed by atoms with van der Waals surface area (Å²) in [5, 5.41) is 10.9. The molecule has 2 aromatic rings. The van der Waals surface area contributed by atoms with Crippen LogP contribution in [0.15, 0.2) is 24.3 Å². The van der Waals surface area contributed by atoms with E-state index in [1.165, 1.54) is 6.07 Å². The first-order valence-corrected chi connectivity index (χ1v) is 7.80. The normalized spacial score (nSPS) is 14.4. The molecule has 0 N–H and O–H groups in total. The molecule has 0 aromatic heterocycles. The van der Waals surface area contributed by atoms with Crippen molar-refractivity contribution in [1.82, 2.24) is 0 Å². The summed E-state index contributed by atoms with van der Waals surface area (Å²) >= 11 is 0. The van der Waals surface area contributed by atoms with Gasteiger partial charge in [0.05, 0.1) is 29.8 Å². The van der Waals surface area contributed by atoms with E-state index in [0.717, 1.165) is 18.2 Å². The molecule has 0 spiro atoms. The second kappa shape index (κ2) is 7.51. The molecule has 2 aromatic carbocycles. The van der Waals surface area contributed by atoms with Gasteiger partial charge in [-0.2, -0.15) is 4.39 Å². The summed E-state index contributed by atoms with van der Waals surface area (Å²) in [7, 11) is 0. The average Bonchev–Trinajstić information content (AvgIpc) is 2.59. The highest BCUT2D eigenvalue weighted by Gasteiger charge is 2.22. The minimum Gasteiger partial charge on any atom is -0.493 e. The van der Waals surface area contributed by atoms with Crippen LogP contribution in [0.1, 0.15) is 18.4 Å². The van der Waals surface area contributed by atoms with E-state index in [4.69, 9.17) is 14.2 Å². The maximum Gasteiger partial charge on any atom is 0.308 e. The highest BCUT2D eigenvalue weighted by atomic mass is 19.2. The Morgan fingerprint density at radius 2 is 1.54 bits per heavy atom. The van der Waals surface area contributed by atoms with E-state index in [0.29, 0.717) is 12.8 Å². The number of nitrogens with zero attached hydrogens (tertiary/aromatic N) is 1. The number of hydrogen-bond donors (Lipinski definition) is 0. The topological polar surface area (TPSA) is 70.8 Å². The number of fused-ring (bicyclic) bond motifs is 2. The van der Waals surface area contributed by atoms with Crippen molar-refractivity contribution in [3.63, 3.8) is 0 Å². The first-order chi connectivity index (χ1) is 12.5. The van der Waals surface area contributed by atoms with Crippen LogP contribution in [0, 0.1) is 27.6 Å². The van der Waals surface area contributed by atoms with Crippen molar-refractivity contribution in [2.75, 3.05) is 13.2 Å². The number of halogens is 3. The van der Waals surface area contributed by atoms with E-state index in [1.807, 2.05) is 0 Å². The van der Waals surface area contributed by atoms with Crippen molar-refractivity contribution in [1.29, 1.82) is 0 Å². The van der Waals surface area contributed by atoms with Gasteiger partial charge in [0.1, 0.15) is 12.4 Å². The average molecular weight is 369 g/mol. The number of nitro benzene ring substituents is 1. The van der Waals surface area contributed by atoms with Gasteiger partial charge in [-0.05, 0) is 25.0 Å². The fraction of sp³-hybridized carbons (Fsp3) is 0.294. The van der Waals surface area contributed by atoms with E-state index >= 15 is 0 Å². The van der Waals surface area contributed by atoms with Gasteiger partial charge in [0.2, 0.25) is 5.82 Å². The summed E-state index contributed by atoms with van der Waals surface area (Å²) in [6.07, 6.45) is 1.10. The second-order valence-corrected chi connectivity index (χ2v) is 5.54. The van der Waals surface area contributed by atoms with Crippen LogP contribution in [0.3, 0.4) is 0 Å². The smallest absolute Gasteiger partial charge is 0.308 e. The number of benzene rings is 2. The summed E-state index contributed by atoms with van der Waals surface area (Å²) in [5.74, 6) is -3.38. The molecule has 0 bridgehead atoms. The van der Waals surface area contributed by atoms with Crippen LogP contribution in [-0.2, 0) is 6.61 Å². The molecule has 138 valence electrons. The van der Waals surface area contributed by atoms with Crippen molar-refractivity contribution in [3.8, 4) is 17.2 Å². The monoisotopic (exact) mass is 369 g/mol. The van der Waals surface area contributed by atoms with Gasteiger partial charge in [-0.3, -0.25) is 10.1 Å². The lowest BCUT2D eigenvalue weighted by molar-refractivity contribution is -0.387. The SMILES string of the molecule is O=[N+]([O-])c1cc2c(cc1F)OCCCCOc1ccc(F)c(F)c1CO2. The number of nitro groups is 1. The van der Waals surface area contributed by atoms with Crippen LogP contribution in [0.2, 0.25) is 0 Å². The molecule has 0 aliphatic carbocycles. The summed E-state index contributed by atoms with van der Waals surface area (Å²) in [6, 6.07) is 3.93. The van der Waals surface area contributed by atoms with Crippen LogP contribution in [0.25, 0.3) is 0 Å². The van der Waals surface area contributed by atoms with E-state index in [-0.39, 0.29) is 36.0 Å². The van der Waals surface area contributed by atoms with Gasteiger partial charge in [0.25, 0.3) is 0 Å². The number of rotatable bonds is 1. The molecule has 0 radical (unpaired) electrons. The maximum atomic E-state index is 14.1. The molecule has 6 nitrogen and oxygen atoms in total. The molecule has 0 saturated carbocycles. The van der Waals surface area contributed by atoms with Crippen molar-refractivity contribution >= 4 is 5.69 Å². The maximum absolute atomic E-state index is 14.1. The largest absolute Gasteiger partial charge is 0.493 e. The van der Waals surface area contributed by atoms with E-state index in [1.54, 1.807) is 0 Å². The predicted octanol–water partition coefficient (Wildman–Crippen LogP) is 4.14. The number of hydrogen-bond acceptors (Lipinski definition) is 5. The van der Waals surface area contributed by atoms with Crippen molar-refractivity contribution < 1.29 is 32.3 Å². The quantitative estimate of drug-likeness (QED) is 0.558. The Morgan fingerprint density at radius 1 is 0.885 bits per heavy atom. The van der Waals surface area contributed by atoms with Gasteiger partial charge in [0.15, 0.2) is 23.1 Å². The second-order valence-electron chi connectivity index (χ2n) is 5.54. The van der Waals surface area contributed by atoms with Crippen LogP contribution in [0.4, 0.5) is 18.9 Å². The minimum atomic E-state index is -1.14. The third-order valence-corrected chi connectivity index (χ3v) is 3.79. The first-order valence-electron chi connectivity index (χ1n) is 7.80. The molecule has 3 rings (SSSR count). The van der Waals surface area contributed by atoms with Crippen LogP contribution < -0.4 is 14.2 Å². The molecule has 26 heavy (non-hydrogen) atoms. The summed E-state index contributed by atoms with van der Waals surface area (Å²) in [5.41, 5.74) is -0.987. The summed E-state index contributed by atoms with van der Waals surface area (Å²) in [4.78, 5) is 10.0. The molecule has 0 atom stereocenters.